The summed E-state index contributed by atoms with van der Waals surface area (Å²) in [7, 11) is 0. The van der Waals surface area contributed by atoms with Crippen LogP contribution >= 0.6 is 0 Å². The number of carbonyl (C=O) groups is 1. The lowest BCUT2D eigenvalue weighted by molar-refractivity contribution is -0.0501. The Hall–Kier alpha value is -1.72. The first-order valence-corrected chi connectivity index (χ1v) is 3.23. The van der Waals surface area contributed by atoms with E-state index in [1.807, 2.05) is 0 Å². The fraction of sp³-hybridized carbons (Fsp3) is 0.143. The maximum Gasteiger partial charge on any atom is 0.387 e. The Morgan fingerprint density at radius 3 is 2.77 bits per heavy atom. The summed E-state index contributed by atoms with van der Waals surface area (Å²) in [5, 5.41) is 8.46. The first-order chi connectivity index (χ1) is 6.09. The highest BCUT2D eigenvalue weighted by Crippen LogP contribution is 2.13. The number of alkyl halides is 2. The Labute approximate surface area is 71.8 Å². The number of hydrogen-bond acceptors (Lipinski definition) is 3. The summed E-state index contributed by atoms with van der Waals surface area (Å²) in [5.41, 5.74) is -0.196. The molecular weight excluding hydrogens is 184 g/mol. The number of ether oxygens (including phenoxy) is 1. The minimum atomic E-state index is -2.98. The highest BCUT2D eigenvalue weighted by atomic mass is 19.3. The van der Waals surface area contributed by atoms with Crippen LogP contribution in [0.5, 0.6) is 5.75 Å². The standard InChI is InChI=1S/C7H5F2NO3/c8-7(9)13-5-1-4(6(11)12)2-10-3-5/h1-3,7H,(H,11,12). The van der Waals surface area contributed by atoms with Crippen molar-refractivity contribution in [2.45, 2.75) is 6.61 Å². The Morgan fingerprint density at radius 2 is 2.23 bits per heavy atom. The largest absolute Gasteiger partial charge is 0.478 e. The molecule has 13 heavy (non-hydrogen) atoms. The van der Waals surface area contributed by atoms with Gasteiger partial charge in [0.1, 0.15) is 5.75 Å². The van der Waals surface area contributed by atoms with Gasteiger partial charge in [0, 0.05) is 6.20 Å². The SMILES string of the molecule is O=C(O)c1cncc(OC(F)F)c1. The monoisotopic (exact) mass is 189 g/mol. The molecule has 0 aliphatic rings. The van der Waals surface area contributed by atoms with Crippen molar-refractivity contribution < 1.29 is 23.4 Å². The van der Waals surface area contributed by atoms with Crippen molar-refractivity contribution in [1.82, 2.24) is 4.98 Å². The van der Waals surface area contributed by atoms with Gasteiger partial charge in [0.15, 0.2) is 0 Å². The molecule has 0 aliphatic heterocycles. The van der Waals surface area contributed by atoms with Gasteiger partial charge in [-0.15, -0.1) is 0 Å². The molecule has 1 N–H and O–H groups in total. The summed E-state index contributed by atoms with van der Waals surface area (Å²) in [6, 6.07) is 0.974. The molecule has 0 unspecified atom stereocenters. The molecule has 0 atom stereocenters. The van der Waals surface area contributed by atoms with Gasteiger partial charge in [-0.3, -0.25) is 4.98 Å². The molecular formula is C7H5F2NO3. The average molecular weight is 189 g/mol. The van der Waals surface area contributed by atoms with Crippen LogP contribution in [0.2, 0.25) is 0 Å². The molecule has 70 valence electrons. The van der Waals surface area contributed by atoms with Crippen LogP contribution < -0.4 is 4.74 Å². The second-order valence-electron chi connectivity index (χ2n) is 2.09. The Balaban J connectivity index is 2.85. The van der Waals surface area contributed by atoms with E-state index in [-0.39, 0.29) is 11.3 Å². The minimum absolute atomic E-state index is 0.196. The number of nitrogens with zero attached hydrogens (tertiary/aromatic N) is 1. The third-order valence-corrected chi connectivity index (χ3v) is 1.19. The van der Waals surface area contributed by atoms with Gasteiger partial charge in [0.25, 0.3) is 0 Å². The molecule has 1 heterocycles. The molecule has 4 nitrogen and oxygen atoms in total. The molecule has 0 amide bonds. The number of carboxylic acids is 1. The molecule has 0 aromatic carbocycles. The van der Waals surface area contributed by atoms with E-state index in [0.717, 1.165) is 18.5 Å². The van der Waals surface area contributed by atoms with Crippen molar-refractivity contribution in [3.8, 4) is 5.75 Å². The predicted molar refractivity (Wildman–Crippen MR) is 37.8 cm³/mol. The summed E-state index contributed by atoms with van der Waals surface area (Å²) in [4.78, 5) is 13.8. The zero-order valence-corrected chi connectivity index (χ0v) is 6.28. The summed E-state index contributed by atoms with van der Waals surface area (Å²) >= 11 is 0. The third kappa shape index (κ3) is 2.66. The van der Waals surface area contributed by atoms with E-state index in [2.05, 4.69) is 9.72 Å². The summed E-state index contributed by atoms with van der Waals surface area (Å²) < 4.78 is 27.3. The van der Waals surface area contributed by atoms with E-state index in [4.69, 9.17) is 5.11 Å². The predicted octanol–water partition coefficient (Wildman–Crippen LogP) is 1.38. The van der Waals surface area contributed by atoms with Crippen LogP contribution in [0.3, 0.4) is 0 Å². The number of aromatic nitrogens is 1. The molecule has 0 bridgehead atoms. The lowest BCUT2D eigenvalue weighted by Crippen LogP contribution is -2.04. The first kappa shape index (κ1) is 9.37. The summed E-state index contributed by atoms with van der Waals surface area (Å²) in [6.45, 7) is -2.98. The quantitative estimate of drug-likeness (QED) is 0.780. The number of hydrogen-bond donors (Lipinski definition) is 1. The first-order valence-electron chi connectivity index (χ1n) is 3.23. The van der Waals surface area contributed by atoms with E-state index >= 15 is 0 Å². The van der Waals surface area contributed by atoms with Gasteiger partial charge in [-0.1, -0.05) is 0 Å². The number of halogens is 2. The lowest BCUT2D eigenvalue weighted by atomic mass is 10.3. The summed E-state index contributed by atoms with van der Waals surface area (Å²) in [6.07, 6.45) is 2.05. The maximum atomic E-state index is 11.7. The van der Waals surface area contributed by atoms with Crippen LogP contribution in [0.25, 0.3) is 0 Å². The number of aromatic carboxylic acids is 1. The number of carboxylic acid groups (broad SMARTS) is 1. The average Bonchev–Trinajstić information content (AvgIpc) is 2.03. The molecule has 6 heteroatoms. The minimum Gasteiger partial charge on any atom is -0.478 e. The molecule has 1 aromatic heterocycles. The molecule has 0 aliphatic carbocycles. The third-order valence-electron chi connectivity index (χ3n) is 1.19. The van der Waals surface area contributed by atoms with E-state index < -0.39 is 12.6 Å². The van der Waals surface area contributed by atoms with E-state index in [1.165, 1.54) is 0 Å². The fourth-order valence-electron chi connectivity index (χ4n) is 0.703. The zero-order valence-electron chi connectivity index (χ0n) is 6.28. The molecule has 1 aromatic rings. The van der Waals surface area contributed by atoms with E-state index in [1.54, 1.807) is 0 Å². The van der Waals surface area contributed by atoms with Crippen LogP contribution in [-0.4, -0.2) is 22.7 Å². The van der Waals surface area contributed by atoms with Crippen molar-refractivity contribution in [2.24, 2.45) is 0 Å². The Morgan fingerprint density at radius 1 is 1.54 bits per heavy atom. The van der Waals surface area contributed by atoms with Crippen molar-refractivity contribution in [2.75, 3.05) is 0 Å². The van der Waals surface area contributed by atoms with Crippen LogP contribution in [-0.2, 0) is 0 Å². The molecule has 1 rings (SSSR count). The van der Waals surface area contributed by atoms with Gasteiger partial charge < -0.3 is 9.84 Å². The highest BCUT2D eigenvalue weighted by molar-refractivity contribution is 5.87. The van der Waals surface area contributed by atoms with Gasteiger partial charge in [0.05, 0.1) is 11.8 Å². The fourth-order valence-corrected chi connectivity index (χ4v) is 0.703. The highest BCUT2D eigenvalue weighted by Gasteiger charge is 2.08. The van der Waals surface area contributed by atoms with E-state index in [0.29, 0.717) is 0 Å². The molecule has 0 saturated heterocycles. The van der Waals surface area contributed by atoms with Crippen molar-refractivity contribution in [3.63, 3.8) is 0 Å². The Kier molecular flexibility index (Phi) is 2.73. The molecule has 0 spiro atoms. The molecule has 0 radical (unpaired) electrons. The second-order valence-corrected chi connectivity index (χ2v) is 2.09. The van der Waals surface area contributed by atoms with Gasteiger partial charge in [-0.05, 0) is 6.07 Å². The molecule has 0 saturated carbocycles. The number of rotatable bonds is 3. The normalized spacial score (nSPS) is 10.1. The van der Waals surface area contributed by atoms with Crippen LogP contribution in [0.4, 0.5) is 8.78 Å². The van der Waals surface area contributed by atoms with E-state index in [9.17, 15) is 13.6 Å². The van der Waals surface area contributed by atoms with Crippen molar-refractivity contribution in [1.29, 1.82) is 0 Å². The topological polar surface area (TPSA) is 59.4 Å². The second kappa shape index (κ2) is 3.79. The Bertz CT molecular complexity index is 316. The van der Waals surface area contributed by atoms with Crippen LogP contribution in [0.1, 0.15) is 10.4 Å². The zero-order chi connectivity index (χ0) is 9.84. The maximum absolute atomic E-state index is 11.7. The van der Waals surface area contributed by atoms with Crippen LogP contribution in [0.15, 0.2) is 18.5 Å². The van der Waals surface area contributed by atoms with Gasteiger partial charge in [-0.25, -0.2) is 4.79 Å². The van der Waals surface area contributed by atoms with Crippen molar-refractivity contribution in [3.05, 3.63) is 24.0 Å². The molecule has 0 fully saturated rings. The van der Waals surface area contributed by atoms with Crippen LogP contribution in [0, 0.1) is 0 Å². The number of pyridine rings is 1. The lowest BCUT2D eigenvalue weighted by Gasteiger charge is -2.03. The summed E-state index contributed by atoms with van der Waals surface area (Å²) in [5.74, 6) is -1.51. The van der Waals surface area contributed by atoms with Gasteiger partial charge >= 0.3 is 12.6 Å². The van der Waals surface area contributed by atoms with Gasteiger partial charge in [0.2, 0.25) is 0 Å². The smallest absolute Gasteiger partial charge is 0.387 e. The van der Waals surface area contributed by atoms with Gasteiger partial charge in [-0.2, -0.15) is 8.78 Å². The van der Waals surface area contributed by atoms with Crippen molar-refractivity contribution >= 4 is 5.97 Å².